The third-order valence-corrected chi connectivity index (χ3v) is 5.45. The Labute approximate surface area is 191 Å². The summed E-state index contributed by atoms with van der Waals surface area (Å²) in [6, 6.07) is 15.9. The van der Waals surface area contributed by atoms with E-state index in [0.717, 1.165) is 4.47 Å². The number of aliphatic hydroxyl groups is 1. The Kier molecular flexibility index (Phi) is 6.18. The molecular formula is C23H17BrClN3O3. The molecule has 0 bridgehead atoms. The molecule has 0 unspecified atom stereocenters. The number of halogens is 2. The number of benzene rings is 2. The van der Waals surface area contributed by atoms with Crippen LogP contribution in [-0.4, -0.2) is 16.0 Å². The van der Waals surface area contributed by atoms with E-state index < -0.39 is 5.91 Å². The molecule has 0 aliphatic heterocycles. The van der Waals surface area contributed by atoms with Crippen molar-refractivity contribution >= 4 is 55.8 Å². The zero-order chi connectivity index (χ0) is 22.0. The van der Waals surface area contributed by atoms with Gasteiger partial charge in [-0.15, -0.1) is 0 Å². The number of hydrogen-bond donors (Lipinski definition) is 2. The largest absolute Gasteiger partial charge is 0.436 e. The van der Waals surface area contributed by atoms with Gasteiger partial charge in [-0.05, 0) is 43.3 Å². The molecule has 0 spiro atoms. The molecule has 156 valence electrons. The van der Waals surface area contributed by atoms with Crippen LogP contribution in [0.1, 0.15) is 21.6 Å². The summed E-state index contributed by atoms with van der Waals surface area (Å²) in [4.78, 5) is 22.0. The standard InChI is InChI=1S/C23H17BrClN3O3/c1-13-21-17(14(12-29)11-26-13)10-18(22(30)28-20-8-3-2-7-19(20)25)23(31-21)27-16-6-4-5-15(24)9-16/h2-11,29H,12H2,1H3,(H,28,30). The second-order valence-electron chi connectivity index (χ2n) is 6.76. The van der Waals surface area contributed by atoms with E-state index in [-0.39, 0.29) is 17.7 Å². The van der Waals surface area contributed by atoms with Gasteiger partial charge < -0.3 is 14.8 Å². The second kappa shape index (κ2) is 9.01. The number of aliphatic hydroxyl groups excluding tert-OH is 1. The van der Waals surface area contributed by atoms with E-state index in [1.807, 2.05) is 18.2 Å². The first-order valence-electron chi connectivity index (χ1n) is 9.35. The highest BCUT2D eigenvalue weighted by Crippen LogP contribution is 2.24. The minimum absolute atomic E-state index is 0.121. The molecule has 0 aliphatic carbocycles. The summed E-state index contributed by atoms with van der Waals surface area (Å²) < 4.78 is 6.89. The van der Waals surface area contributed by atoms with Crippen LogP contribution in [0.4, 0.5) is 11.4 Å². The first-order chi connectivity index (χ1) is 15.0. The summed E-state index contributed by atoms with van der Waals surface area (Å²) in [5, 5.41) is 13.5. The van der Waals surface area contributed by atoms with Gasteiger partial charge in [-0.25, -0.2) is 4.99 Å². The van der Waals surface area contributed by atoms with Gasteiger partial charge in [0.25, 0.3) is 5.91 Å². The molecule has 0 saturated heterocycles. The number of para-hydroxylation sites is 1. The molecule has 0 fully saturated rings. The van der Waals surface area contributed by atoms with Crippen molar-refractivity contribution in [3.63, 3.8) is 0 Å². The Bertz CT molecular complexity index is 1370. The van der Waals surface area contributed by atoms with Gasteiger partial charge in [0.05, 0.1) is 28.7 Å². The van der Waals surface area contributed by atoms with E-state index in [2.05, 4.69) is 31.2 Å². The SMILES string of the molecule is Cc1ncc(CO)c2cc(C(=O)Nc3ccccc3Cl)c(=Nc3cccc(Br)c3)oc12. The molecule has 2 heterocycles. The van der Waals surface area contributed by atoms with E-state index in [9.17, 15) is 9.90 Å². The van der Waals surface area contributed by atoms with E-state index in [1.54, 1.807) is 49.5 Å². The quantitative estimate of drug-likeness (QED) is 0.387. The first kappa shape index (κ1) is 21.2. The summed E-state index contributed by atoms with van der Waals surface area (Å²) >= 11 is 9.62. The summed E-state index contributed by atoms with van der Waals surface area (Å²) in [5.74, 6) is -0.439. The fourth-order valence-electron chi connectivity index (χ4n) is 3.08. The summed E-state index contributed by atoms with van der Waals surface area (Å²) in [6.45, 7) is 1.55. The minimum Gasteiger partial charge on any atom is -0.436 e. The number of nitrogens with one attached hydrogen (secondary N) is 1. The zero-order valence-electron chi connectivity index (χ0n) is 16.4. The molecule has 2 aromatic carbocycles. The van der Waals surface area contributed by atoms with Crippen molar-refractivity contribution in [2.45, 2.75) is 13.5 Å². The van der Waals surface area contributed by atoms with Crippen LogP contribution in [0.15, 0.2) is 74.7 Å². The lowest BCUT2D eigenvalue weighted by atomic mass is 10.1. The Morgan fingerprint density at radius 3 is 2.77 bits per heavy atom. The maximum atomic E-state index is 13.2. The molecule has 4 rings (SSSR count). The number of nitrogens with zero attached hydrogens (tertiary/aromatic N) is 2. The maximum absolute atomic E-state index is 13.2. The van der Waals surface area contributed by atoms with E-state index in [1.165, 1.54) is 0 Å². The van der Waals surface area contributed by atoms with Crippen molar-refractivity contribution in [2.24, 2.45) is 4.99 Å². The third kappa shape index (κ3) is 4.54. The zero-order valence-corrected chi connectivity index (χ0v) is 18.7. The van der Waals surface area contributed by atoms with Crippen molar-refractivity contribution in [3.8, 4) is 0 Å². The van der Waals surface area contributed by atoms with Crippen molar-refractivity contribution in [2.75, 3.05) is 5.32 Å². The Morgan fingerprint density at radius 1 is 1.23 bits per heavy atom. The molecule has 2 aromatic heterocycles. The fraction of sp³-hybridized carbons (Fsp3) is 0.0870. The van der Waals surface area contributed by atoms with Crippen molar-refractivity contribution < 1.29 is 14.3 Å². The average Bonchev–Trinajstić information content (AvgIpc) is 2.75. The molecule has 4 aromatic rings. The van der Waals surface area contributed by atoms with Gasteiger partial charge in [0.15, 0.2) is 5.58 Å². The second-order valence-corrected chi connectivity index (χ2v) is 8.08. The first-order valence-corrected chi connectivity index (χ1v) is 10.5. The topological polar surface area (TPSA) is 87.7 Å². The van der Waals surface area contributed by atoms with Crippen LogP contribution < -0.4 is 10.9 Å². The number of hydrogen-bond acceptors (Lipinski definition) is 5. The maximum Gasteiger partial charge on any atom is 0.261 e. The molecule has 6 nitrogen and oxygen atoms in total. The van der Waals surface area contributed by atoms with Gasteiger partial charge in [-0.2, -0.15) is 0 Å². The van der Waals surface area contributed by atoms with Crippen molar-refractivity contribution in [1.82, 2.24) is 4.98 Å². The highest BCUT2D eigenvalue weighted by atomic mass is 79.9. The number of carbonyl (C=O) groups excluding carboxylic acids is 1. The molecule has 31 heavy (non-hydrogen) atoms. The molecular weight excluding hydrogens is 482 g/mol. The van der Waals surface area contributed by atoms with Crippen LogP contribution in [0.5, 0.6) is 0 Å². The monoisotopic (exact) mass is 497 g/mol. The van der Waals surface area contributed by atoms with Gasteiger partial charge in [-0.1, -0.05) is 45.7 Å². The fourth-order valence-corrected chi connectivity index (χ4v) is 3.65. The number of anilines is 1. The number of carbonyl (C=O) groups is 1. The predicted octanol–water partition coefficient (Wildman–Crippen LogP) is 5.53. The molecule has 0 atom stereocenters. The normalized spacial score (nSPS) is 11.7. The van der Waals surface area contributed by atoms with Crippen molar-refractivity contribution in [3.05, 3.63) is 92.7 Å². The number of pyridine rings is 1. The highest BCUT2D eigenvalue weighted by Gasteiger charge is 2.17. The summed E-state index contributed by atoms with van der Waals surface area (Å²) in [7, 11) is 0. The minimum atomic E-state index is -0.439. The van der Waals surface area contributed by atoms with Crippen LogP contribution in [0, 0.1) is 6.92 Å². The molecule has 0 aliphatic rings. The molecule has 0 saturated carbocycles. The number of amides is 1. The van der Waals surface area contributed by atoms with Gasteiger partial charge in [-0.3, -0.25) is 9.78 Å². The van der Waals surface area contributed by atoms with Crippen molar-refractivity contribution in [1.29, 1.82) is 0 Å². The summed E-state index contributed by atoms with van der Waals surface area (Å²) in [6.07, 6.45) is 1.56. The third-order valence-electron chi connectivity index (χ3n) is 4.63. The van der Waals surface area contributed by atoms with E-state index >= 15 is 0 Å². The smallest absolute Gasteiger partial charge is 0.261 e. The Hall–Kier alpha value is -3.00. The number of aromatic nitrogens is 1. The van der Waals surface area contributed by atoms with Crippen LogP contribution >= 0.6 is 27.5 Å². The highest BCUT2D eigenvalue weighted by molar-refractivity contribution is 9.10. The van der Waals surface area contributed by atoms with Gasteiger partial charge in [0.1, 0.15) is 5.56 Å². The van der Waals surface area contributed by atoms with Gasteiger partial charge in [0.2, 0.25) is 5.55 Å². The molecule has 8 heteroatoms. The Balaban J connectivity index is 1.94. The predicted molar refractivity (Wildman–Crippen MR) is 123 cm³/mol. The van der Waals surface area contributed by atoms with Crippen LogP contribution in [-0.2, 0) is 6.61 Å². The van der Waals surface area contributed by atoms with Crippen LogP contribution in [0.2, 0.25) is 5.02 Å². The molecule has 2 N–H and O–H groups in total. The Morgan fingerprint density at radius 2 is 2.03 bits per heavy atom. The number of fused-ring (bicyclic) bond motifs is 1. The number of rotatable bonds is 4. The summed E-state index contributed by atoms with van der Waals surface area (Å²) in [5.41, 5.74) is 3.02. The lowest BCUT2D eigenvalue weighted by molar-refractivity contribution is 0.102. The lowest BCUT2D eigenvalue weighted by Crippen LogP contribution is -2.22. The van der Waals surface area contributed by atoms with Crippen LogP contribution in [0.3, 0.4) is 0 Å². The van der Waals surface area contributed by atoms with E-state index in [4.69, 9.17) is 16.0 Å². The molecule has 0 radical (unpaired) electrons. The lowest BCUT2D eigenvalue weighted by Gasteiger charge is -2.10. The average molecular weight is 499 g/mol. The van der Waals surface area contributed by atoms with Crippen LogP contribution in [0.25, 0.3) is 11.0 Å². The molecule has 1 amide bonds. The van der Waals surface area contributed by atoms with E-state index in [0.29, 0.717) is 38.6 Å². The number of aryl methyl sites for hydroxylation is 1. The van der Waals surface area contributed by atoms with Gasteiger partial charge in [0, 0.05) is 21.6 Å². The van der Waals surface area contributed by atoms with Gasteiger partial charge >= 0.3 is 0 Å².